The maximum atomic E-state index is 12.5. The minimum absolute atomic E-state index is 0.116. The van der Waals surface area contributed by atoms with Crippen molar-refractivity contribution >= 4 is 34.1 Å². The molecule has 2 aromatic rings. The highest BCUT2D eigenvalue weighted by Crippen LogP contribution is 2.32. The van der Waals surface area contributed by atoms with E-state index in [4.69, 9.17) is 0 Å². The van der Waals surface area contributed by atoms with E-state index in [1.165, 1.54) is 35.2 Å². The Bertz CT molecular complexity index is 721. The second-order valence-electron chi connectivity index (χ2n) is 6.64. The fourth-order valence-corrected chi connectivity index (χ4v) is 3.62. The number of benzene rings is 1. The molecule has 0 atom stereocenters. The molecular formula is C16H18F3N3OS2. The van der Waals surface area contributed by atoms with Crippen molar-refractivity contribution in [2.75, 3.05) is 5.32 Å². The topological polar surface area (TPSA) is 54.9 Å². The summed E-state index contributed by atoms with van der Waals surface area (Å²) < 4.78 is 38.2. The molecule has 1 aromatic heterocycles. The molecule has 4 nitrogen and oxygen atoms in total. The minimum Gasteiger partial charge on any atom is -0.300 e. The van der Waals surface area contributed by atoms with Crippen molar-refractivity contribution in [1.29, 1.82) is 0 Å². The first-order chi connectivity index (χ1) is 11.5. The van der Waals surface area contributed by atoms with Crippen LogP contribution in [0.2, 0.25) is 0 Å². The summed E-state index contributed by atoms with van der Waals surface area (Å²) in [5.41, 5.74) is -0.0258. The summed E-state index contributed by atoms with van der Waals surface area (Å²) in [6, 6.07) is 5.02. The third kappa shape index (κ3) is 6.66. The van der Waals surface area contributed by atoms with Gasteiger partial charge >= 0.3 is 6.18 Å². The van der Waals surface area contributed by atoms with E-state index in [9.17, 15) is 18.0 Å². The number of anilines is 1. The standard InChI is InChI=1S/C16H18F3N3OS2/c1-15(2,3)8-12(23)20-13-21-22-14(25-13)24-9-10-4-6-11(7-5-10)16(17,18)19/h4-7H,8-9H2,1-3H3,(H,20,21,23). The zero-order valence-corrected chi connectivity index (χ0v) is 15.6. The predicted octanol–water partition coefficient (Wildman–Crippen LogP) is 5.22. The second kappa shape index (κ2) is 7.74. The Morgan fingerprint density at radius 1 is 1.16 bits per heavy atom. The first kappa shape index (κ1) is 19.7. The van der Waals surface area contributed by atoms with Crippen molar-refractivity contribution < 1.29 is 18.0 Å². The second-order valence-corrected chi connectivity index (χ2v) is 8.84. The fraction of sp³-hybridized carbons (Fsp3) is 0.438. The molecule has 0 fully saturated rings. The average Bonchev–Trinajstić information content (AvgIpc) is 2.90. The molecule has 0 radical (unpaired) electrons. The van der Waals surface area contributed by atoms with Gasteiger partial charge in [-0.15, -0.1) is 10.2 Å². The van der Waals surface area contributed by atoms with Gasteiger partial charge in [0.05, 0.1) is 5.56 Å². The number of hydrogen-bond donors (Lipinski definition) is 1. The van der Waals surface area contributed by atoms with Crippen molar-refractivity contribution in [2.24, 2.45) is 5.41 Å². The summed E-state index contributed by atoms with van der Waals surface area (Å²) >= 11 is 2.60. The quantitative estimate of drug-likeness (QED) is 0.562. The number of thioether (sulfide) groups is 1. The van der Waals surface area contributed by atoms with E-state index in [1.807, 2.05) is 20.8 Å². The Hall–Kier alpha value is -1.61. The summed E-state index contributed by atoms with van der Waals surface area (Å²) in [6.45, 7) is 5.91. The van der Waals surface area contributed by atoms with Crippen LogP contribution in [0.15, 0.2) is 28.6 Å². The highest BCUT2D eigenvalue weighted by atomic mass is 32.2. The Kier molecular flexibility index (Phi) is 6.10. The largest absolute Gasteiger partial charge is 0.416 e. The van der Waals surface area contributed by atoms with Crippen molar-refractivity contribution in [2.45, 2.75) is 43.5 Å². The first-order valence-corrected chi connectivity index (χ1v) is 9.25. The van der Waals surface area contributed by atoms with Crippen LogP contribution in [-0.4, -0.2) is 16.1 Å². The lowest BCUT2D eigenvalue weighted by atomic mass is 9.92. The van der Waals surface area contributed by atoms with Crippen LogP contribution < -0.4 is 5.32 Å². The van der Waals surface area contributed by atoms with Crippen LogP contribution in [0.25, 0.3) is 0 Å². The van der Waals surface area contributed by atoms with Crippen molar-refractivity contribution in [3.63, 3.8) is 0 Å². The summed E-state index contributed by atoms with van der Waals surface area (Å²) in [5.74, 6) is 0.353. The van der Waals surface area contributed by atoms with Gasteiger partial charge in [-0.3, -0.25) is 4.79 Å². The molecule has 0 spiro atoms. The number of carbonyl (C=O) groups is 1. The minimum atomic E-state index is -4.33. The van der Waals surface area contributed by atoms with E-state index < -0.39 is 11.7 Å². The molecular weight excluding hydrogens is 371 g/mol. The molecule has 2 rings (SSSR count). The SMILES string of the molecule is CC(C)(C)CC(=O)Nc1nnc(SCc2ccc(C(F)(F)F)cc2)s1. The number of alkyl halides is 3. The van der Waals surface area contributed by atoms with Crippen molar-refractivity contribution in [3.8, 4) is 0 Å². The molecule has 0 unspecified atom stereocenters. The van der Waals surface area contributed by atoms with Crippen LogP contribution in [0.3, 0.4) is 0 Å². The van der Waals surface area contributed by atoms with Gasteiger partial charge in [0.25, 0.3) is 0 Å². The molecule has 0 aliphatic carbocycles. The number of nitrogens with one attached hydrogen (secondary N) is 1. The number of amides is 1. The smallest absolute Gasteiger partial charge is 0.300 e. The number of aromatic nitrogens is 2. The molecule has 136 valence electrons. The number of halogens is 3. The summed E-state index contributed by atoms with van der Waals surface area (Å²) in [6.07, 6.45) is -3.95. The first-order valence-electron chi connectivity index (χ1n) is 7.45. The van der Waals surface area contributed by atoms with E-state index in [-0.39, 0.29) is 11.3 Å². The van der Waals surface area contributed by atoms with Gasteiger partial charge < -0.3 is 5.32 Å². The lowest BCUT2D eigenvalue weighted by Crippen LogP contribution is -2.19. The summed E-state index contributed by atoms with van der Waals surface area (Å²) in [4.78, 5) is 11.9. The maximum Gasteiger partial charge on any atom is 0.416 e. The van der Waals surface area contributed by atoms with E-state index in [0.717, 1.165) is 17.7 Å². The Balaban J connectivity index is 1.88. The highest BCUT2D eigenvalue weighted by molar-refractivity contribution is 8.00. The maximum absolute atomic E-state index is 12.5. The highest BCUT2D eigenvalue weighted by Gasteiger charge is 2.29. The van der Waals surface area contributed by atoms with Gasteiger partial charge in [0, 0.05) is 12.2 Å². The molecule has 1 heterocycles. The normalized spacial score (nSPS) is 12.2. The molecule has 0 aliphatic heterocycles. The molecule has 1 aromatic carbocycles. The van der Waals surface area contributed by atoms with Gasteiger partial charge in [-0.25, -0.2) is 0 Å². The predicted molar refractivity (Wildman–Crippen MR) is 93.6 cm³/mol. The average molecular weight is 389 g/mol. The molecule has 1 N–H and O–H groups in total. The molecule has 25 heavy (non-hydrogen) atoms. The molecule has 0 aliphatic rings. The molecule has 0 saturated heterocycles. The van der Waals surface area contributed by atoms with E-state index in [0.29, 0.717) is 21.6 Å². The number of hydrogen-bond acceptors (Lipinski definition) is 5. The van der Waals surface area contributed by atoms with Gasteiger partial charge in [0.1, 0.15) is 0 Å². The number of rotatable bonds is 5. The lowest BCUT2D eigenvalue weighted by molar-refractivity contribution is -0.137. The van der Waals surface area contributed by atoms with E-state index in [1.54, 1.807) is 0 Å². The Morgan fingerprint density at radius 3 is 2.36 bits per heavy atom. The van der Waals surface area contributed by atoms with Gasteiger partial charge in [-0.05, 0) is 23.1 Å². The van der Waals surface area contributed by atoms with Crippen molar-refractivity contribution in [3.05, 3.63) is 35.4 Å². The van der Waals surface area contributed by atoms with Crippen LogP contribution in [-0.2, 0) is 16.7 Å². The van der Waals surface area contributed by atoms with Gasteiger partial charge in [-0.2, -0.15) is 13.2 Å². The van der Waals surface area contributed by atoms with Crippen LogP contribution in [0.5, 0.6) is 0 Å². The molecule has 0 saturated carbocycles. The molecule has 0 bridgehead atoms. The van der Waals surface area contributed by atoms with Crippen LogP contribution in [0.1, 0.15) is 38.3 Å². The Labute approximate surface area is 152 Å². The Morgan fingerprint density at radius 2 is 1.80 bits per heavy atom. The van der Waals surface area contributed by atoms with Crippen molar-refractivity contribution in [1.82, 2.24) is 10.2 Å². The lowest BCUT2D eigenvalue weighted by Gasteiger charge is -2.16. The van der Waals surface area contributed by atoms with Crippen LogP contribution >= 0.6 is 23.1 Å². The number of nitrogens with zero attached hydrogens (tertiary/aromatic N) is 2. The van der Waals surface area contributed by atoms with Gasteiger partial charge in [0.15, 0.2) is 4.34 Å². The molecule has 9 heteroatoms. The third-order valence-electron chi connectivity index (χ3n) is 2.99. The van der Waals surface area contributed by atoms with E-state index in [2.05, 4.69) is 15.5 Å². The van der Waals surface area contributed by atoms with Crippen LogP contribution in [0, 0.1) is 5.41 Å². The monoisotopic (exact) mass is 389 g/mol. The molecule has 1 amide bonds. The van der Waals surface area contributed by atoms with E-state index >= 15 is 0 Å². The zero-order chi connectivity index (χ0) is 18.7. The fourth-order valence-electron chi connectivity index (χ4n) is 1.90. The summed E-state index contributed by atoms with van der Waals surface area (Å²) in [5, 5.41) is 11.0. The van der Waals surface area contributed by atoms with Crippen LogP contribution in [0.4, 0.5) is 18.3 Å². The summed E-state index contributed by atoms with van der Waals surface area (Å²) in [7, 11) is 0. The van der Waals surface area contributed by atoms with Gasteiger partial charge in [0.2, 0.25) is 11.0 Å². The van der Waals surface area contributed by atoms with Gasteiger partial charge in [-0.1, -0.05) is 56.0 Å². The zero-order valence-electron chi connectivity index (χ0n) is 14.0. The third-order valence-corrected chi connectivity index (χ3v) is 5.03. The number of carbonyl (C=O) groups excluding carboxylic acids is 1.